The topological polar surface area (TPSA) is 52.6 Å². The summed E-state index contributed by atoms with van der Waals surface area (Å²) in [6, 6.07) is -3.02. The van der Waals surface area contributed by atoms with Crippen molar-refractivity contribution in [2.75, 3.05) is 13.1 Å². The first-order valence-corrected chi connectivity index (χ1v) is 7.85. The van der Waals surface area contributed by atoms with Gasteiger partial charge in [-0.25, -0.2) is 4.79 Å². The first kappa shape index (κ1) is 19.1. The minimum Gasteiger partial charge on any atom is -0.380 e. The standard InChI is InChI=1S/C14H20F6N2O2/c15-13(16,17)10(9-3-1-2-4-9)21-11(23)22-7-5-12(24,6-8-22)14(18,19)20/h9-10,24H,1-8H2,(H,21,23)/t10-/m1/s1. The van der Waals surface area contributed by atoms with Crippen LogP contribution in [0, 0.1) is 5.92 Å². The second kappa shape index (κ2) is 6.61. The number of amides is 2. The monoisotopic (exact) mass is 362 g/mol. The molecule has 0 aromatic heterocycles. The Labute approximate surface area is 135 Å². The highest BCUT2D eigenvalue weighted by Crippen LogP contribution is 2.39. The highest BCUT2D eigenvalue weighted by atomic mass is 19.4. The maximum Gasteiger partial charge on any atom is 0.417 e. The van der Waals surface area contributed by atoms with Crippen molar-refractivity contribution in [3.8, 4) is 0 Å². The van der Waals surface area contributed by atoms with Crippen molar-refractivity contribution in [3.05, 3.63) is 0 Å². The minimum atomic E-state index is -4.83. The predicted octanol–water partition coefficient (Wildman–Crippen LogP) is 3.21. The zero-order valence-electron chi connectivity index (χ0n) is 12.9. The summed E-state index contributed by atoms with van der Waals surface area (Å²) >= 11 is 0. The second-order valence-corrected chi connectivity index (χ2v) is 6.53. The number of hydrogen-bond donors (Lipinski definition) is 2. The Balaban J connectivity index is 1.97. The number of piperidine rings is 1. The largest absolute Gasteiger partial charge is 0.417 e. The molecular weight excluding hydrogens is 342 g/mol. The van der Waals surface area contributed by atoms with Gasteiger partial charge in [0.25, 0.3) is 0 Å². The molecular formula is C14H20F6N2O2. The fourth-order valence-corrected chi connectivity index (χ4v) is 3.35. The number of urea groups is 1. The van der Waals surface area contributed by atoms with Gasteiger partial charge in [0.15, 0.2) is 5.60 Å². The van der Waals surface area contributed by atoms with E-state index in [1.807, 2.05) is 5.32 Å². The van der Waals surface area contributed by atoms with Crippen LogP contribution in [0.25, 0.3) is 0 Å². The van der Waals surface area contributed by atoms with Crippen molar-refractivity contribution in [1.82, 2.24) is 10.2 Å². The Morgan fingerprint density at radius 1 is 1.08 bits per heavy atom. The van der Waals surface area contributed by atoms with Gasteiger partial charge in [-0.1, -0.05) is 12.8 Å². The highest BCUT2D eigenvalue weighted by Gasteiger charge is 2.55. The number of carbonyl (C=O) groups is 1. The highest BCUT2D eigenvalue weighted by molar-refractivity contribution is 5.74. The number of aliphatic hydroxyl groups is 1. The van der Waals surface area contributed by atoms with E-state index in [1.54, 1.807) is 0 Å². The van der Waals surface area contributed by atoms with E-state index in [1.165, 1.54) is 0 Å². The molecule has 2 amide bonds. The van der Waals surface area contributed by atoms with Crippen LogP contribution in [0.5, 0.6) is 0 Å². The summed E-state index contributed by atoms with van der Waals surface area (Å²) < 4.78 is 77.6. The van der Waals surface area contributed by atoms with Crippen LogP contribution >= 0.6 is 0 Å². The summed E-state index contributed by atoms with van der Waals surface area (Å²) in [5.74, 6) is -0.703. The van der Waals surface area contributed by atoms with Gasteiger partial charge in [-0.15, -0.1) is 0 Å². The maximum absolute atomic E-state index is 13.2. The first-order valence-electron chi connectivity index (χ1n) is 7.85. The average molecular weight is 362 g/mol. The van der Waals surface area contributed by atoms with Crippen LogP contribution in [0.1, 0.15) is 38.5 Å². The van der Waals surface area contributed by atoms with Crippen molar-refractivity contribution >= 4 is 6.03 Å². The van der Waals surface area contributed by atoms with Gasteiger partial charge in [0, 0.05) is 25.9 Å². The van der Waals surface area contributed by atoms with Crippen LogP contribution in [0.2, 0.25) is 0 Å². The average Bonchev–Trinajstić information content (AvgIpc) is 2.96. The lowest BCUT2D eigenvalue weighted by Gasteiger charge is -2.39. The summed E-state index contributed by atoms with van der Waals surface area (Å²) in [5, 5.41) is 11.5. The van der Waals surface area contributed by atoms with Gasteiger partial charge in [-0.05, 0) is 18.8 Å². The van der Waals surface area contributed by atoms with Crippen LogP contribution in [-0.2, 0) is 0 Å². The van der Waals surface area contributed by atoms with Crippen LogP contribution in [0.4, 0.5) is 31.1 Å². The first-order chi connectivity index (χ1) is 10.9. The molecule has 1 aliphatic heterocycles. The van der Waals surface area contributed by atoms with Crippen LogP contribution < -0.4 is 5.32 Å². The normalized spacial score (nSPS) is 24.0. The molecule has 0 aromatic rings. The van der Waals surface area contributed by atoms with Gasteiger partial charge in [0.05, 0.1) is 0 Å². The Kier molecular flexibility index (Phi) is 5.27. The van der Waals surface area contributed by atoms with Crippen molar-refractivity contribution in [2.24, 2.45) is 5.92 Å². The van der Waals surface area contributed by atoms with E-state index in [0.717, 1.165) is 4.90 Å². The molecule has 0 unspecified atom stereocenters. The lowest BCUT2D eigenvalue weighted by molar-refractivity contribution is -0.271. The van der Waals surface area contributed by atoms with E-state index in [-0.39, 0.29) is 0 Å². The van der Waals surface area contributed by atoms with E-state index in [9.17, 15) is 36.2 Å². The molecule has 0 spiro atoms. The number of nitrogens with zero attached hydrogens (tertiary/aromatic N) is 1. The molecule has 0 aromatic carbocycles. The molecule has 2 N–H and O–H groups in total. The number of nitrogens with one attached hydrogen (secondary N) is 1. The molecule has 1 saturated heterocycles. The van der Waals surface area contributed by atoms with E-state index >= 15 is 0 Å². The summed E-state index contributed by atoms with van der Waals surface area (Å²) in [6.45, 7) is -0.895. The maximum atomic E-state index is 13.2. The number of rotatable bonds is 2. The van der Waals surface area contributed by atoms with E-state index in [4.69, 9.17) is 0 Å². The molecule has 1 heterocycles. The fourth-order valence-electron chi connectivity index (χ4n) is 3.35. The van der Waals surface area contributed by atoms with E-state index in [0.29, 0.717) is 25.7 Å². The summed E-state index contributed by atoms with van der Waals surface area (Å²) in [4.78, 5) is 12.9. The van der Waals surface area contributed by atoms with Gasteiger partial charge in [0.2, 0.25) is 0 Å². The van der Waals surface area contributed by atoms with Crippen molar-refractivity contribution < 1.29 is 36.2 Å². The molecule has 140 valence electrons. The van der Waals surface area contributed by atoms with Gasteiger partial charge >= 0.3 is 18.4 Å². The van der Waals surface area contributed by atoms with Crippen LogP contribution in [-0.4, -0.2) is 53.1 Å². The third kappa shape index (κ3) is 4.07. The molecule has 1 atom stereocenters. The number of alkyl halides is 6. The molecule has 2 rings (SSSR count). The summed E-state index contributed by atoms with van der Waals surface area (Å²) in [7, 11) is 0. The quantitative estimate of drug-likeness (QED) is 0.742. The Morgan fingerprint density at radius 3 is 2.00 bits per heavy atom. The van der Waals surface area contributed by atoms with Crippen molar-refractivity contribution in [2.45, 2.75) is 62.5 Å². The SMILES string of the molecule is O=C(N[C@H](C1CCCC1)C(F)(F)F)N1CCC(O)(C(F)(F)F)CC1. The number of hydrogen-bond acceptors (Lipinski definition) is 2. The van der Waals surface area contributed by atoms with Crippen LogP contribution in [0.15, 0.2) is 0 Å². The lowest BCUT2D eigenvalue weighted by Crippen LogP contribution is -2.58. The molecule has 1 aliphatic carbocycles. The molecule has 4 nitrogen and oxygen atoms in total. The van der Waals surface area contributed by atoms with E-state index in [2.05, 4.69) is 0 Å². The third-order valence-electron chi connectivity index (χ3n) is 4.91. The molecule has 24 heavy (non-hydrogen) atoms. The molecule has 10 heteroatoms. The Morgan fingerprint density at radius 2 is 1.58 bits per heavy atom. The predicted molar refractivity (Wildman–Crippen MR) is 72.1 cm³/mol. The summed E-state index contributed by atoms with van der Waals surface area (Å²) in [6.07, 6.45) is -8.88. The second-order valence-electron chi connectivity index (χ2n) is 6.53. The summed E-state index contributed by atoms with van der Waals surface area (Å²) in [5.41, 5.74) is -2.89. The third-order valence-corrected chi connectivity index (χ3v) is 4.91. The Bertz CT molecular complexity index is 451. The molecule has 2 aliphatic rings. The van der Waals surface area contributed by atoms with E-state index < -0.39 is 61.9 Å². The zero-order valence-corrected chi connectivity index (χ0v) is 12.9. The van der Waals surface area contributed by atoms with Gasteiger partial charge < -0.3 is 15.3 Å². The number of halogens is 6. The minimum absolute atomic E-state index is 0.359. The zero-order chi connectivity index (χ0) is 18.2. The lowest BCUT2D eigenvalue weighted by atomic mass is 9.91. The molecule has 2 fully saturated rings. The van der Waals surface area contributed by atoms with Crippen molar-refractivity contribution in [3.63, 3.8) is 0 Å². The van der Waals surface area contributed by atoms with Gasteiger partial charge in [-0.2, -0.15) is 26.3 Å². The van der Waals surface area contributed by atoms with Gasteiger partial charge in [-0.3, -0.25) is 0 Å². The number of carbonyl (C=O) groups excluding carboxylic acids is 1. The van der Waals surface area contributed by atoms with Gasteiger partial charge in [0.1, 0.15) is 6.04 Å². The molecule has 0 radical (unpaired) electrons. The Hall–Kier alpha value is -1.19. The fraction of sp³-hybridized carbons (Fsp3) is 0.929. The molecule has 0 bridgehead atoms. The van der Waals surface area contributed by atoms with Crippen molar-refractivity contribution in [1.29, 1.82) is 0 Å². The number of likely N-dealkylation sites (tertiary alicyclic amines) is 1. The smallest absolute Gasteiger partial charge is 0.380 e. The van der Waals surface area contributed by atoms with Crippen LogP contribution in [0.3, 0.4) is 0 Å². The molecule has 1 saturated carbocycles.